The van der Waals surface area contributed by atoms with E-state index in [1.54, 1.807) is 6.20 Å². The Morgan fingerprint density at radius 1 is 1.43 bits per heavy atom. The molecule has 0 saturated carbocycles. The van der Waals surface area contributed by atoms with E-state index in [1.165, 1.54) is 5.56 Å². The Labute approximate surface area is 124 Å². The average Bonchev–Trinajstić information content (AvgIpc) is 2.83. The summed E-state index contributed by atoms with van der Waals surface area (Å²) in [4.78, 5) is 14.6. The van der Waals surface area contributed by atoms with E-state index in [-0.39, 0.29) is 5.96 Å². The van der Waals surface area contributed by atoms with Crippen LogP contribution in [-0.4, -0.2) is 47.5 Å². The quantitative estimate of drug-likeness (QED) is 0.361. The lowest BCUT2D eigenvalue weighted by Crippen LogP contribution is -2.42. The van der Waals surface area contributed by atoms with Crippen molar-refractivity contribution in [3.8, 4) is 0 Å². The van der Waals surface area contributed by atoms with Crippen LogP contribution < -0.4 is 17.2 Å². The number of hydrogen-bond acceptors (Lipinski definition) is 5. The van der Waals surface area contributed by atoms with Crippen LogP contribution >= 0.6 is 0 Å². The molecule has 0 spiro atoms. The summed E-state index contributed by atoms with van der Waals surface area (Å²) in [6.45, 7) is 2.25. The summed E-state index contributed by atoms with van der Waals surface area (Å²) in [5.74, 6) is 0.774. The van der Waals surface area contributed by atoms with Gasteiger partial charge in [-0.05, 0) is 30.9 Å². The first-order valence-corrected chi connectivity index (χ1v) is 7.17. The van der Waals surface area contributed by atoms with Crippen LogP contribution in [0.1, 0.15) is 18.4 Å². The molecule has 7 heteroatoms. The molecule has 0 radical (unpaired) electrons. The van der Waals surface area contributed by atoms with Crippen molar-refractivity contribution < 1.29 is 0 Å². The number of pyridine rings is 1. The maximum atomic E-state index is 5.98. The molecule has 1 aromatic rings. The number of nitrogens with zero attached hydrogens (tertiary/aromatic N) is 4. The lowest BCUT2D eigenvalue weighted by molar-refractivity contribution is 0.322. The summed E-state index contributed by atoms with van der Waals surface area (Å²) in [7, 11) is 0. The minimum Gasteiger partial charge on any atom is -0.370 e. The van der Waals surface area contributed by atoms with E-state index in [0.717, 1.165) is 32.4 Å². The number of aliphatic imine (C=N–C) groups is 2. The third-order valence-corrected chi connectivity index (χ3v) is 3.55. The molecule has 6 N–H and O–H groups in total. The molecule has 0 fully saturated rings. The molecule has 1 aliphatic heterocycles. The third kappa shape index (κ3) is 4.62. The summed E-state index contributed by atoms with van der Waals surface area (Å²) >= 11 is 0. The maximum Gasteiger partial charge on any atom is 0.191 e. The number of nitrogens with two attached hydrogens (primary N) is 3. The molecule has 0 aromatic carbocycles. The third-order valence-electron chi connectivity index (χ3n) is 3.55. The van der Waals surface area contributed by atoms with Gasteiger partial charge in [-0.2, -0.15) is 0 Å². The van der Waals surface area contributed by atoms with Crippen LogP contribution in [0.5, 0.6) is 0 Å². The molecule has 1 aromatic heterocycles. The van der Waals surface area contributed by atoms with Gasteiger partial charge in [0.15, 0.2) is 11.9 Å². The first-order valence-electron chi connectivity index (χ1n) is 7.17. The van der Waals surface area contributed by atoms with E-state index < -0.39 is 0 Å². The Kier molecular flexibility index (Phi) is 5.36. The summed E-state index contributed by atoms with van der Waals surface area (Å²) in [5.41, 5.74) is 17.8. The molecule has 0 bridgehead atoms. The van der Waals surface area contributed by atoms with Crippen molar-refractivity contribution in [2.24, 2.45) is 27.2 Å². The summed E-state index contributed by atoms with van der Waals surface area (Å²) in [6.07, 6.45) is 6.48. The van der Waals surface area contributed by atoms with Gasteiger partial charge in [0.1, 0.15) is 0 Å². The van der Waals surface area contributed by atoms with E-state index in [9.17, 15) is 0 Å². The van der Waals surface area contributed by atoms with Gasteiger partial charge in [0.05, 0.1) is 12.6 Å². The number of hydrogen-bond donors (Lipinski definition) is 3. The highest BCUT2D eigenvalue weighted by Crippen LogP contribution is 2.14. The number of aromatic nitrogens is 1. The van der Waals surface area contributed by atoms with Crippen molar-refractivity contribution in [3.63, 3.8) is 0 Å². The predicted octanol–water partition coefficient (Wildman–Crippen LogP) is -0.323. The Morgan fingerprint density at radius 3 is 3.00 bits per heavy atom. The van der Waals surface area contributed by atoms with E-state index >= 15 is 0 Å². The first-order chi connectivity index (χ1) is 10.2. The fourth-order valence-corrected chi connectivity index (χ4v) is 2.45. The van der Waals surface area contributed by atoms with Crippen LogP contribution in [0.15, 0.2) is 34.5 Å². The molecule has 2 rings (SSSR count). The molecule has 0 amide bonds. The van der Waals surface area contributed by atoms with E-state index in [2.05, 4.69) is 25.9 Å². The van der Waals surface area contributed by atoms with Crippen molar-refractivity contribution in [1.29, 1.82) is 0 Å². The summed E-state index contributed by atoms with van der Waals surface area (Å²) in [5, 5.41) is 0. The highest BCUT2D eigenvalue weighted by molar-refractivity contribution is 5.80. The maximum absolute atomic E-state index is 5.98. The molecule has 7 nitrogen and oxygen atoms in total. The Morgan fingerprint density at radius 2 is 2.29 bits per heavy atom. The molecular weight excluding hydrogens is 266 g/mol. The van der Waals surface area contributed by atoms with E-state index in [4.69, 9.17) is 17.2 Å². The molecule has 114 valence electrons. The topological polar surface area (TPSA) is 119 Å². The van der Waals surface area contributed by atoms with Crippen LogP contribution in [-0.2, 0) is 6.42 Å². The average molecular weight is 289 g/mol. The van der Waals surface area contributed by atoms with Crippen LogP contribution in [0.25, 0.3) is 0 Å². The van der Waals surface area contributed by atoms with Crippen molar-refractivity contribution >= 4 is 11.9 Å². The van der Waals surface area contributed by atoms with Gasteiger partial charge in [0.25, 0.3) is 0 Å². The van der Waals surface area contributed by atoms with Crippen molar-refractivity contribution in [2.75, 3.05) is 19.6 Å². The zero-order chi connectivity index (χ0) is 15.1. The fourth-order valence-electron chi connectivity index (χ4n) is 2.45. The van der Waals surface area contributed by atoms with Crippen molar-refractivity contribution in [3.05, 3.63) is 30.1 Å². The van der Waals surface area contributed by atoms with Gasteiger partial charge in [0.2, 0.25) is 0 Å². The normalized spacial score (nSPS) is 17.6. The zero-order valence-electron chi connectivity index (χ0n) is 12.2. The molecule has 0 aliphatic carbocycles. The van der Waals surface area contributed by atoms with Gasteiger partial charge in [0, 0.05) is 25.5 Å². The van der Waals surface area contributed by atoms with Crippen LogP contribution in [0.3, 0.4) is 0 Å². The number of guanidine groups is 2. The molecule has 1 atom stereocenters. The van der Waals surface area contributed by atoms with Gasteiger partial charge in [-0.15, -0.1) is 0 Å². The smallest absolute Gasteiger partial charge is 0.191 e. The van der Waals surface area contributed by atoms with Crippen LogP contribution in [0.4, 0.5) is 0 Å². The van der Waals surface area contributed by atoms with Gasteiger partial charge >= 0.3 is 0 Å². The van der Waals surface area contributed by atoms with Crippen LogP contribution in [0, 0.1) is 0 Å². The highest BCUT2D eigenvalue weighted by Gasteiger charge is 2.24. The van der Waals surface area contributed by atoms with E-state index in [0.29, 0.717) is 18.5 Å². The van der Waals surface area contributed by atoms with Gasteiger partial charge in [-0.25, -0.2) is 0 Å². The minimum absolute atomic E-state index is 0.144. The molecule has 21 heavy (non-hydrogen) atoms. The molecular formula is C14H23N7. The molecule has 2 heterocycles. The standard InChI is InChI=1S/C14H23N7/c15-13(16)19-7-2-4-12-10-20-14(17)21(12)8-5-11-3-1-6-18-9-11/h1,3,6,9,12H,2,4-5,7-8,10H2,(H2,17,20)(H4,15,16,19)/t12-/m0/s1. The van der Waals surface area contributed by atoms with E-state index in [1.807, 2.05) is 12.3 Å². The second-order valence-electron chi connectivity index (χ2n) is 5.11. The van der Waals surface area contributed by atoms with Gasteiger partial charge in [-0.3, -0.25) is 15.0 Å². The highest BCUT2D eigenvalue weighted by atomic mass is 15.3. The lowest BCUT2D eigenvalue weighted by atomic mass is 10.1. The minimum atomic E-state index is 0.144. The Bertz CT molecular complexity index is 493. The Balaban J connectivity index is 1.81. The molecule has 0 unspecified atom stereocenters. The van der Waals surface area contributed by atoms with Gasteiger partial charge in [-0.1, -0.05) is 6.07 Å². The number of rotatable bonds is 7. The summed E-state index contributed by atoms with van der Waals surface area (Å²) in [6, 6.07) is 4.36. The molecule has 1 aliphatic rings. The van der Waals surface area contributed by atoms with Crippen molar-refractivity contribution in [1.82, 2.24) is 9.88 Å². The van der Waals surface area contributed by atoms with Crippen LogP contribution in [0.2, 0.25) is 0 Å². The fraction of sp³-hybridized carbons (Fsp3) is 0.500. The largest absolute Gasteiger partial charge is 0.370 e. The molecule has 0 saturated heterocycles. The summed E-state index contributed by atoms with van der Waals surface area (Å²) < 4.78 is 0. The second kappa shape index (κ2) is 7.47. The first kappa shape index (κ1) is 15.1. The van der Waals surface area contributed by atoms with Crippen molar-refractivity contribution in [2.45, 2.75) is 25.3 Å². The SMILES string of the molecule is NC(N)=NCCC[C@H]1CN=C(N)N1CCc1cccnc1. The monoisotopic (exact) mass is 289 g/mol. The Hall–Kier alpha value is -2.31. The zero-order valence-corrected chi connectivity index (χ0v) is 12.2. The van der Waals surface area contributed by atoms with Gasteiger partial charge < -0.3 is 22.1 Å². The lowest BCUT2D eigenvalue weighted by Gasteiger charge is -2.26. The second-order valence-corrected chi connectivity index (χ2v) is 5.11. The predicted molar refractivity (Wildman–Crippen MR) is 84.8 cm³/mol.